The van der Waals surface area contributed by atoms with Crippen molar-refractivity contribution in [1.29, 1.82) is 0 Å². The monoisotopic (exact) mass is 129 g/mol. The van der Waals surface area contributed by atoms with Crippen LogP contribution in [0.25, 0.3) is 0 Å². The Hall–Kier alpha value is -0.123. The van der Waals surface area contributed by atoms with Crippen LogP contribution in [0.5, 0.6) is 0 Å². The first-order chi connectivity index (χ1) is 4.13. The van der Waals surface area contributed by atoms with Crippen LogP contribution in [0.3, 0.4) is 0 Å². The first kappa shape index (κ1) is 9.88. The van der Waals surface area contributed by atoms with Crippen LogP contribution in [0.15, 0.2) is 0 Å². The van der Waals surface area contributed by atoms with Crippen LogP contribution in [0, 0.1) is 27.0 Å². The predicted molar refractivity (Wildman–Crippen MR) is 38.5 cm³/mol. The molecule has 10 heavy (non-hydrogen) atoms. The van der Waals surface area contributed by atoms with Crippen molar-refractivity contribution < 1.29 is 18.9 Å². The van der Waals surface area contributed by atoms with Gasteiger partial charge in [-0.1, -0.05) is 20.8 Å². The second-order valence-electron chi connectivity index (χ2n) is 2.51. The first-order valence-corrected chi connectivity index (χ1v) is 3.14. The van der Waals surface area contributed by atoms with Crippen LogP contribution in [-0.2, 0) is 7.05 Å². The van der Waals surface area contributed by atoms with Gasteiger partial charge in [-0.25, -0.2) is 0 Å². The Morgan fingerprint density at radius 1 is 1.20 bits per heavy atom. The molecule has 50 valence electrons. The van der Waals surface area contributed by atoms with E-state index in [0.29, 0.717) is 0 Å². The third kappa shape index (κ3) is 1.48. The Kier molecular flexibility index (Phi) is 3.28. The van der Waals surface area contributed by atoms with Crippen molar-refractivity contribution in [2.24, 2.45) is 7.05 Å². The van der Waals surface area contributed by atoms with E-state index < -0.39 is 0 Å². The van der Waals surface area contributed by atoms with Crippen molar-refractivity contribution in [3.05, 3.63) is 23.0 Å². The maximum absolute atomic E-state index is 3.19. The van der Waals surface area contributed by atoms with E-state index in [1.165, 1.54) is 16.8 Å². The van der Waals surface area contributed by atoms with Gasteiger partial charge < -0.3 is 4.57 Å². The fourth-order valence-electron chi connectivity index (χ4n) is 0.942. The molecule has 1 aromatic rings. The summed E-state index contributed by atoms with van der Waals surface area (Å²) in [4.78, 5) is 0. The number of nitrogens with zero attached hydrogens (tertiary/aromatic N) is 1. The summed E-state index contributed by atoms with van der Waals surface area (Å²) < 4.78 is 2.03. The van der Waals surface area contributed by atoms with Crippen molar-refractivity contribution in [3.63, 3.8) is 0 Å². The molecule has 0 amide bonds. The Morgan fingerprint density at radius 3 is 1.80 bits per heavy atom. The minimum absolute atomic E-state index is 0. The SMILES string of the molecule is Cc1[c-]n(C)c(C)c1C.[Li+]. The third-order valence-electron chi connectivity index (χ3n) is 1.94. The molecule has 0 aromatic carbocycles. The van der Waals surface area contributed by atoms with Gasteiger partial charge in [0.25, 0.3) is 0 Å². The Balaban J connectivity index is 0.000000810. The molecule has 0 aliphatic rings. The van der Waals surface area contributed by atoms with Gasteiger partial charge in [-0.15, -0.1) is 11.9 Å². The Morgan fingerprint density at radius 2 is 1.70 bits per heavy atom. The molecular formula is C8H12LiN. The van der Waals surface area contributed by atoms with Gasteiger partial charge in [-0.2, -0.15) is 11.1 Å². The molecule has 2 heteroatoms. The minimum atomic E-state index is 0. The molecule has 1 heterocycles. The molecule has 0 aliphatic carbocycles. The molecule has 0 saturated carbocycles. The summed E-state index contributed by atoms with van der Waals surface area (Å²) >= 11 is 0. The van der Waals surface area contributed by atoms with Crippen molar-refractivity contribution >= 4 is 0 Å². The van der Waals surface area contributed by atoms with E-state index in [1.54, 1.807) is 0 Å². The van der Waals surface area contributed by atoms with Crippen molar-refractivity contribution in [2.75, 3.05) is 0 Å². The zero-order valence-corrected chi connectivity index (χ0v) is 7.45. The van der Waals surface area contributed by atoms with Crippen molar-refractivity contribution in [2.45, 2.75) is 20.8 Å². The first-order valence-electron chi connectivity index (χ1n) is 3.14. The number of hydrogen-bond donors (Lipinski definition) is 0. The second-order valence-corrected chi connectivity index (χ2v) is 2.51. The largest absolute Gasteiger partial charge is 1.00 e. The molecule has 0 aliphatic heterocycles. The summed E-state index contributed by atoms with van der Waals surface area (Å²) in [6.07, 6.45) is 3.19. The van der Waals surface area contributed by atoms with E-state index in [2.05, 4.69) is 27.0 Å². The van der Waals surface area contributed by atoms with E-state index in [0.717, 1.165) is 0 Å². The molecule has 0 atom stereocenters. The predicted octanol–water partition coefficient (Wildman–Crippen LogP) is -1.25. The van der Waals surface area contributed by atoms with Crippen LogP contribution in [-0.4, -0.2) is 4.57 Å². The fraction of sp³-hybridized carbons (Fsp3) is 0.500. The van der Waals surface area contributed by atoms with E-state index in [4.69, 9.17) is 0 Å². The Labute approximate surface area is 74.6 Å². The molecule has 0 radical (unpaired) electrons. The van der Waals surface area contributed by atoms with Gasteiger partial charge in [0.1, 0.15) is 0 Å². The van der Waals surface area contributed by atoms with Crippen LogP contribution >= 0.6 is 0 Å². The van der Waals surface area contributed by atoms with Crippen molar-refractivity contribution in [3.8, 4) is 0 Å². The Bertz CT molecular complexity index is 203. The maximum Gasteiger partial charge on any atom is 1.00 e. The topological polar surface area (TPSA) is 4.93 Å². The number of rotatable bonds is 0. The van der Waals surface area contributed by atoms with Crippen LogP contribution in [0.4, 0.5) is 0 Å². The van der Waals surface area contributed by atoms with E-state index in [-0.39, 0.29) is 18.9 Å². The van der Waals surface area contributed by atoms with Crippen LogP contribution in [0.1, 0.15) is 16.8 Å². The van der Waals surface area contributed by atoms with Crippen molar-refractivity contribution in [1.82, 2.24) is 4.57 Å². The average molecular weight is 129 g/mol. The molecule has 0 unspecified atom stereocenters. The summed E-state index contributed by atoms with van der Waals surface area (Å²) in [6.45, 7) is 6.32. The zero-order chi connectivity index (χ0) is 7.02. The maximum atomic E-state index is 3.19. The van der Waals surface area contributed by atoms with Gasteiger partial charge in [0.15, 0.2) is 0 Å². The van der Waals surface area contributed by atoms with Gasteiger partial charge in [-0.3, -0.25) is 0 Å². The van der Waals surface area contributed by atoms with Gasteiger partial charge in [0, 0.05) is 0 Å². The molecule has 0 fully saturated rings. The summed E-state index contributed by atoms with van der Waals surface area (Å²) in [5, 5.41) is 0. The minimum Gasteiger partial charge on any atom is -0.470 e. The molecular weight excluding hydrogens is 117 g/mol. The smallest absolute Gasteiger partial charge is 0.470 e. The quantitative estimate of drug-likeness (QED) is 0.305. The molecule has 0 spiro atoms. The van der Waals surface area contributed by atoms with Gasteiger partial charge in [-0.05, 0) is 7.05 Å². The number of aromatic nitrogens is 1. The summed E-state index contributed by atoms with van der Waals surface area (Å²) in [5.74, 6) is 0. The van der Waals surface area contributed by atoms with Gasteiger partial charge >= 0.3 is 18.9 Å². The summed E-state index contributed by atoms with van der Waals surface area (Å²) in [6, 6.07) is 0. The zero-order valence-electron chi connectivity index (χ0n) is 7.45. The van der Waals surface area contributed by atoms with Gasteiger partial charge in [0.05, 0.1) is 0 Å². The summed E-state index contributed by atoms with van der Waals surface area (Å²) in [7, 11) is 2.02. The number of hydrogen-bond acceptors (Lipinski definition) is 0. The molecule has 0 bridgehead atoms. The number of aryl methyl sites for hydroxylation is 2. The molecule has 1 nitrogen and oxygen atoms in total. The summed E-state index contributed by atoms with van der Waals surface area (Å²) in [5.41, 5.74) is 3.93. The molecule has 0 saturated heterocycles. The average Bonchev–Trinajstić information content (AvgIpc) is 1.98. The van der Waals surface area contributed by atoms with Crippen LogP contribution in [0.2, 0.25) is 0 Å². The standard InChI is InChI=1S/C8H12N.Li/c1-6-5-9(4)8(3)7(6)2;/h1-4H3;/q-1;+1. The fourth-order valence-corrected chi connectivity index (χ4v) is 0.942. The normalized spacial score (nSPS) is 9.20. The molecule has 1 aromatic heterocycles. The van der Waals surface area contributed by atoms with Crippen LogP contribution < -0.4 is 18.9 Å². The second kappa shape index (κ2) is 3.32. The van der Waals surface area contributed by atoms with E-state index in [1.807, 2.05) is 11.6 Å². The van der Waals surface area contributed by atoms with Gasteiger partial charge in [0.2, 0.25) is 0 Å². The third-order valence-corrected chi connectivity index (χ3v) is 1.94. The van der Waals surface area contributed by atoms with E-state index in [9.17, 15) is 0 Å². The molecule has 0 N–H and O–H groups in total. The molecule has 1 rings (SSSR count). The van der Waals surface area contributed by atoms with E-state index >= 15 is 0 Å².